The number of nitrogens with one attached hydrogen (secondary N) is 1. The van der Waals surface area contributed by atoms with Crippen molar-refractivity contribution in [3.05, 3.63) is 16.7 Å². The van der Waals surface area contributed by atoms with E-state index in [9.17, 15) is 9.36 Å². The van der Waals surface area contributed by atoms with Crippen molar-refractivity contribution in [3.63, 3.8) is 0 Å². The highest BCUT2D eigenvalue weighted by Gasteiger charge is 2.32. The minimum absolute atomic E-state index is 0.00932. The number of H-pyrrole nitrogens is 1. The maximum atomic E-state index is 11.8. The van der Waals surface area contributed by atoms with E-state index in [-0.39, 0.29) is 23.6 Å². The van der Waals surface area contributed by atoms with Crippen LogP contribution in [0.3, 0.4) is 0 Å². The first-order valence-corrected chi connectivity index (χ1v) is 8.53. The highest BCUT2D eigenvalue weighted by atomic mass is 31.2. The lowest BCUT2D eigenvalue weighted by Crippen LogP contribution is -2.23. The Hall–Kier alpha value is -1.74. The molecule has 3 rings (SSSR count). The lowest BCUT2D eigenvalue weighted by molar-refractivity contribution is 0.0522. The van der Waals surface area contributed by atoms with Gasteiger partial charge < -0.3 is 24.8 Å². The van der Waals surface area contributed by atoms with Crippen molar-refractivity contribution in [2.45, 2.75) is 31.4 Å². The average Bonchev–Trinajstić information content (AvgIpc) is 3.00. The number of anilines is 1. The highest BCUT2D eigenvalue weighted by molar-refractivity contribution is 7.51. The molecule has 0 aromatic carbocycles. The van der Waals surface area contributed by atoms with E-state index < -0.39 is 19.5 Å². The number of hydrogen-bond donors (Lipinski definition) is 4. The number of hydrogen-bond acceptors (Lipinski definition) is 6. The number of nitrogens with two attached hydrogens (primary N) is 1. The lowest BCUT2D eigenvalue weighted by Gasteiger charge is -2.22. The summed E-state index contributed by atoms with van der Waals surface area (Å²) in [5.74, 6) is -0.00932. The molecule has 2 heterocycles. The van der Waals surface area contributed by atoms with Crippen LogP contribution in [0, 0.1) is 0 Å². The van der Waals surface area contributed by atoms with Crippen LogP contribution in [0.1, 0.15) is 25.3 Å². The Morgan fingerprint density at radius 3 is 3.00 bits per heavy atom. The third-order valence-corrected chi connectivity index (χ3v) is 4.17. The Kier molecular flexibility index (Phi) is 3.77. The summed E-state index contributed by atoms with van der Waals surface area (Å²) in [4.78, 5) is 40.2. The van der Waals surface area contributed by atoms with Gasteiger partial charge in [0.1, 0.15) is 6.35 Å². The molecule has 1 aliphatic rings. The standard InChI is InChI=1S/C11H16N5O5P/c12-11-14-9-8(10(17)15-11)13-4-16(9)6-2-1-3-7(6)21-5-22(18,19)20/h4,6-7H,1-3,5H2,(H2,18,19,20)(H3,12,14,15,17)/t6-,7-/m1/s1. The molecule has 11 heteroatoms. The highest BCUT2D eigenvalue weighted by Crippen LogP contribution is 2.39. The zero-order chi connectivity index (χ0) is 15.9. The molecule has 0 aliphatic heterocycles. The average molecular weight is 329 g/mol. The molecule has 0 bridgehead atoms. The molecule has 5 N–H and O–H groups in total. The third kappa shape index (κ3) is 2.91. The molecule has 2 aromatic rings. The van der Waals surface area contributed by atoms with Crippen LogP contribution in [-0.4, -0.2) is 41.8 Å². The second kappa shape index (κ2) is 5.47. The van der Waals surface area contributed by atoms with Gasteiger partial charge in [-0.3, -0.25) is 14.3 Å². The van der Waals surface area contributed by atoms with E-state index in [4.69, 9.17) is 20.3 Å². The molecule has 10 nitrogen and oxygen atoms in total. The zero-order valence-electron chi connectivity index (χ0n) is 11.5. The Balaban J connectivity index is 1.93. The minimum Gasteiger partial charge on any atom is -0.369 e. The van der Waals surface area contributed by atoms with E-state index >= 15 is 0 Å². The van der Waals surface area contributed by atoms with Crippen molar-refractivity contribution in [1.82, 2.24) is 19.5 Å². The molecule has 2 aromatic heterocycles. The van der Waals surface area contributed by atoms with Crippen LogP contribution in [0.4, 0.5) is 5.95 Å². The molecule has 0 spiro atoms. The first-order valence-electron chi connectivity index (χ1n) is 6.73. The number of fused-ring (bicyclic) bond motifs is 1. The van der Waals surface area contributed by atoms with Crippen molar-refractivity contribution in [2.24, 2.45) is 0 Å². The van der Waals surface area contributed by atoms with Gasteiger partial charge in [0, 0.05) is 0 Å². The van der Waals surface area contributed by atoms with Gasteiger partial charge in [-0.25, -0.2) is 4.98 Å². The van der Waals surface area contributed by atoms with Gasteiger partial charge in [-0.1, -0.05) is 0 Å². The molecule has 0 unspecified atom stereocenters. The number of rotatable bonds is 4. The summed E-state index contributed by atoms with van der Waals surface area (Å²) in [5.41, 5.74) is 5.66. The normalized spacial score (nSPS) is 22.5. The smallest absolute Gasteiger partial charge is 0.350 e. The lowest BCUT2D eigenvalue weighted by atomic mass is 10.2. The number of nitrogen functional groups attached to an aromatic ring is 1. The predicted octanol–water partition coefficient (Wildman–Crippen LogP) is -0.0528. The van der Waals surface area contributed by atoms with E-state index in [1.807, 2.05) is 0 Å². The number of nitrogens with zero attached hydrogens (tertiary/aromatic N) is 3. The second-order valence-corrected chi connectivity index (χ2v) is 6.86. The maximum Gasteiger partial charge on any atom is 0.350 e. The molecule has 0 amide bonds. The van der Waals surface area contributed by atoms with Crippen LogP contribution in [0.25, 0.3) is 11.2 Å². The van der Waals surface area contributed by atoms with E-state index in [2.05, 4.69) is 15.0 Å². The van der Waals surface area contributed by atoms with Gasteiger partial charge in [-0.05, 0) is 19.3 Å². The quantitative estimate of drug-likeness (QED) is 0.569. The molecule has 2 atom stereocenters. The fourth-order valence-electron chi connectivity index (χ4n) is 2.80. The monoisotopic (exact) mass is 329 g/mol. The van der Waals surface area contributed by atoms with Crippen LogP contribution in [0.15, 0.2) is 11.1 Å². The first-order chi connectivity index (χ1) is 10.3. The first kappa shape index (κ1) is 15.2. The molecule has 120 valence electrons. The fourth-order valence-corrected chi connectivity index (χ4v) is 3.18. The molecule has 22 heavy (non-hydrogen) atoms. The topological polar surface area (TPSA) is 156 Å². The van der Waals surface area contributed by atoms with E-state index in [1.54, 1.807) is 4.57 Å². The summed E-state index contributed by atoms with van der Waals surface area (Å²) in [6, 6.07) is -0.190. The van der Waals surface area contributed by atoms with Crippen molar-refractivity contribution in [3.8, 4) is 0 Å². The molecular weight excluding hydrogens is 313 g/mol. The van der Waals surface area contributed by atoms with Gasteiger partial charge >= 0.3 is 7.60 Å². The third-order valence-electron chi connectivity index (χ3n) is 3.68. The molecule has 0 saturated heterocycles. The summed E-state index contributed by atoms with van der Waals surface area (Å²) in [5, 5.41) is 0. The molecular formula is C11H16N5O5P. The van der Waals surface area contributed by atoms with E-state index in [0.29, 0.717) is 12.1 Å². The van der Waals surface area contributed by atoms with E-state index in [1.165, 1.54) is 6.33 Å². The minimum atomic E-state index is -4.22. The van der Waals surface area contributed by atoms with Crippen molar-refractivity contribution >= 4 is 24.7 Å². The Bertz CT molecular complexity index is 796. The van der Waals surface area contributed by atoms with Gasteiger partial charge in [-0.15, -0.1) is 0 Å². The van der Waals surface area contributed by atoms with Crippen molar-refractivity contribution < 1.29 is 19.1 Å². The van der Waals surface area contributed by atoms with Gasteiger partial charge in [0.25, 0.3) is 5.56 Å². The van der Waals surface area contributed by atoms with E-state index in [0.717, 1.165) is 12.8 Å². The van der Waals surface area contributed by atoms with Gasteiger partial charge in [-0.2, -0.15) is 4.98 Å². The number of aromatic amines is 1. The Morgan fingerprint density at radius 1 is 1.50 bits per heavy atom. The van der Waals surface area contributed by atoms with Crippen LogP contribution < -0.4 is 11.3 Å². The summed E-state index contributed by atoms with van der Waals surface area (Å²) in [7, 11) is -4.22. The van der Waals surface area contributed by atoms with Crippen LogP contribution in [0.5, 0.6) is 0 Å². The Labute approximate surface area is 124 Å². The Morgan fingerprint density at radius 2 is 2.27 bits per heavy atom. The molecule has 1 saturated carbocycles. The van der Waals surface area contributed by atoms with Crippen LogP contribution in [0.2, 0.25) is 0 Å². The molecule has 0 radical (unpaired) electrons. The second-order valence-electron chi connectivity index (χ2n) is 5.27. The van der Waals surface area contributed by atoms with Crippen molar-refractivity contribution in [2.75, 3.05) is 12.1 Å². The SMILES string of the molecule is Nc1nc2c(ncn2[C@@H]2CCC[C@H]2OCP(=O)(O)O)c(=O)[nH]1. The molecule has 1 fully saturated rings. The fraction of sp³-hybridized carbons (Fsp3) is 0.545. The van der Waals surface area contributed by atoms with Crippen LogP contribution >= 0.6 is 7.60 Å². The summed E-state index contributed by atoms with van der Waals surface area (Å²) < 4.78 is 18.0. The number of imidazole rings is 1. The van der Waals surface area contributed by atoms with Gasteiger partial charge in [0.15, 0.2) is 11.2 Å². The predicted molar refractivity (Wildman–Crippen MR) is 77.2 cm³/mol. The van der Waals surface area contributed by atoms with Gasteiger partial charge in [0.2, 0.25) is 5.95 Å². The maximum absolute atomic E-state index is 11.8. The summed E-state index contributed by atoms with van der Waals surface area (Å²) in [6.07, 6.45) is 2.74. The largest absolute Gasteiger partial charge is 0.369 e. The zero-order valence-corrected chi connectivity index (χ0v) is 12.4. The summed E-state index contributed by atoms with van der Waals surface area (Å²) >= 11 is 0. The number of ether oxygens (including phenoxy) is 1. The number of aromatic nitrogens is 4. The molecule has 1 aliphatic carbocycles. The van der Waals surface area contributed by atoms with Gasteiger partial charge in [0.05, 0.1) is 18.5 Å². The van der Waals surface area contributed by atoms with Crippen LogP contribution in [-0.2, 0) is 9.30 Å². The van der Waals surface area contributed by atoms with Crippen molar-refractivity contribution in [1.29, 1.82) is 0 Å². The summed E-state index contributed by atoms with van der Waals surface area (Å²) in [6.45, 7) is 0.